The lowest BCUT2D eigenvalue weighted by Crippen LogP contribution is -2.68. The Kier molecular flexibility index (Phi) is 18.2. The summed E-state index contributed by atoms with van der Waals surface area (Å²) in [4.78, 5) is 0. The Morgan fingerprint density at radius 2 is 1.02 bits per heavy atom. The van der Waals surface area contributed by atoms with Crippen LogP contribution in [-0.4, -0.2) is 43.6 Å². The van der Waals surface area contributed by atoms with Crippen molar-refractivity contribution in [3.63, 3.8) is 0 Å². The fourth-order valence-electron chi connectivity index (χ4n) is 5.85. The summed E-state index contributed by atoms with van der Waals surface area (Å²) in [7, 11) is 0. The summed E-state index contributed by atoms with van der Waals surface area (Å²) in [6, 6.07) is 17.8. The monoisotopic (exact) mass is 652 g/mol. The van der Waals surface area contributed by atoms with Crippen LogP contribution in [0.2, 0.25) is 0 Å². The molecule has 0 radical (unpaired) electrons. The van der Waals surface area contributed by atoms with Gasteiger partial charge >= 0.3 is 11.8 Å². The molecule has 0 aliphatic carbocycles. The number of halogens is 4. The van der Waals surface area contributed by atoms with Crippen molar-refractivity contribution in [3.8, 4) is 0 Å². The third-order valence-electron chi connectivity index (χ3n) is 8.67. The van der Waals surface area contributed by atoms with Crippen molar-refractivity contribution < 1.29 is 36.5 Å². The molecule has 2 aromatic rings. The molecule has 1 aliphatic rings. The molecule has 0 N–H and O–H groups in total. The normalized spacial score (nSPS) is 20.6. The van der Waals surface area contributed by atoms with Crippen LogP contribution in [0, 0.1) is 0 Å². The first kappa shape index (κ1) is 38.4. The summed E-state index contributed by atoms with van der Waals surface area (Å²) >= 11 is 0. The van der Waals surface area contributed by atoms with Gasteiger partial charge in [-0.15, -0.1) is 0 Å². The van der Waals surface area contributed by atoms with Crippen molar-refractivity contribution >= 4 is 0 Å². The molecule has 1 aliphatic heterocycles. The van der Waals surface area contributed by atoms with E-state index in [1.54, 1.807) is 30.3 Å². The molecule has 3 atom stereocenters. The average Bonchev–Trinajstić information content (AvgIpc) is 3.05. The van der Waals surface area contributed by atoms with E-state index in [2.05, 4.69) is 6.92 Å². The topological polar surface area (TPSA) is 36.9 Å². The van der Waals surface area contributed by atoms with Crippen LogP contribution < -0.4 is 0 Å². The second kappa shape index (κ2) is 21.8. The number of benzene rings is 2. The molecule has 4 nitrogen and oxygen atoms in total. The van der Waals surface area contributed by atoms with E-state index in [0.717, 1.165) is 31.2 Å². The van der Waals surface area contributed by atoms with Gasteiger partial charge < -0.3 is 18.9 Å². The zero-order chi connectivity index (χ0) is 32.9. The van der Waals surface area contributed by atoms with Gasteiger partial charge in [0, 0.05) is 6.61 Å². The first-order valence-corrected chi connectivity index (χ1v) is 17.7. The molecule has 3 rings (SSSR count). The number of unbranched alkanes of at least 4 members (excludes halogenated alkanes) is 15. The summed E-state index contributed by atoms with van der Waals surface area (Å²) < 4.78 is 83.1. The molecule has 1 fully saturated rings. The minimum Gasteiger partial charge on any atom is -0.374 e. The van der Waals surface area contributed by atoms with Gasteiger partial charge in [-0.05, 0) is 17.5 Å². The highest BCUT2D eigenvalue weighted by Crippen LogP contribution is 2.48. The molecule has 1 saturated heterocycles. The third kappa shape index (κ3) is 13.2. The number of hydrogen-bond donors (Lipinski definition) is 0. The SMILES string of the molecule is CCCCCCCCCCCCCCCCCCOC1O[C@H](COCc2ccccc2)[C@H](OCc2ccccc2)C(F)(F)C1(F)F. The summed E-state index contributed by atoms with van der Waals surface area (Å²) in [6.07, 6.45) is 13.0. The van der Waals surface area contributed by atoms with E-state index in [9.17, 15) is 0 Å². The van der Waals surface area contributed by atoms with Crippen LogP contribution in [0.3, 0.4) is 0 Å². The Morgan fingerprint density at radius 3 is 1.52 bits per heavy atom. The second-order valence-corrected chi connectivity index (χ2v) is 12.6. The van der Waals surface area contributed by atoms with Gasteiger partial charge in [-0.25, -0.2) is 0 Å². The zero-order valence-corrected chi connectivity index (χ0v) is 27.8. The molecule has 2 aromatic carbocycles. The lowest BCUT2D eigenvalue weighted by atomic mass is 9.96. The maximum Gasteiger partial charge on any atom is 0.362 e. The molecular weight excluding hydrogens is 596 g/mol. The second-order valence-electron chi connectivity index (χ2n) is 12.6. The maximum absolute atomic E-state index is 15.4. The van der Waals surface area contributed by atoms with Crippen LogP contribution in [0.4, 0.5) is 17.6 Å². The van der Waals surface area contributed by atoms with Crippen molar-refractivity contribution in [1.29, 1.82) is 0 Å². The lowest BCUT2D eigenvalue weighted by molar-refractivity contribution is -0.410. The van der Waals surface area contributed by atoms with Crippen LogP contribution >= 0.6 is 0 Å². The van der Waals surface area contributed by atoms with Gasteiger partial charge in [0.25, 0.3) is 0 Å². The van der Waals surface area contributed by atoms with Gasteiger partial charge in [0.05, 0.1) is 19.8 Å². The van der Waals surface area contributed by atoms with Crippen LogP contribution in [-0.2, 0) is 32.2 Å². The Balaban J connectivity index is 1.37. The van der Waals surface area contributed by atoms with Crippen LogP contribution in [0.5, 0.6) is 0 Å². The summed E-state index contributed by atoms with van der Waals surface area (Å²) in [5, 5.41) is 0. The summed E-state index contributed by atoms with van der Waals surface area (Å²) in [5.74, 6) is -9.10. The van der Waals surface area contributed by atoms with Gasteiger partial charge in [0.15, 0.2) is 6.10 Å². The molecule has 0 amide bonds. The number of ether oxygens (including phenoxy) is 4. The summed E-state index contributed by atoms with van der Waals surface area (Å²) in [6.45, 7) is 1.68. The number of rotatable bonds is 25. The van der Waals surface area contributed by atoms with Crippen LogP contribution in [0.25, 0.3) is 0 Å². The number of alkyl halides is 4. The van der Waals surface area contributed by atoms with E-state index in [1.165, 1.54) is 70.6 Å². The zero-order valence-electron chi connectivity index (χ0n) is 27.8. The van der Waals surface area contributed by atoms with Gasteiger partial charge in [0.1, 0.15) is 6.10 Å². The molecule has 0 aromatic heterocycles. The molecular formula is C38H56F4O4. The molecule has 0 saturated carbocycles. The van der Waals surface area contributed by atoms with Crippen molar-refractivity contribution in [3.05, 3.63) is 71.8 Å². The minimum absolute atomic E-state index is 0.0814. The Morgan fingerprint density at radius 1 is 0.565 bits per heavy atom. The fraction of sp³-hybridized carbons (Fsp3) is 0.684. The predicted molar refractivity (Wildman–Crippen MR) is 175 cm³/mol. The highest BCUT2D eigenvalue weighted by molar-refractivity contribution is 5.14. The highest BCUT2D eigenvalue weighted by Gasteiger charge is 2.72. The van der Waals surface area contributed by atoms with Crippen molar-refractivity contribution in [1.82, 2.24) is 0 Å². The lowest BCUT2D eigenvalue weighted by Gasteiger charge is -2.45. The van der Waals surface area contributed by atoms with E-state index in [0.29, 0.717) is 12.0 Å². The molecule has 8 heteroatoms. The molecule has 1 heterocycles. The van der Waals surface area contributed by atoms with Gasteiger partial charge in [-0.3, -0.25) is 0 Å². The third-order valence-corrected chi connectivity index (χ3v) is 8.67. The van der Waals surface area contributed by atoms with Crippen molar-refractivity contribution in [2.24, 2.45) is 0 Å². The Labute approximate surface area is 274 Å². The first-order valence-electron chi connectivity index (χ1n) is 17.7. The largest absolute Gasteiger partial charge is 0.374 e. The van der Waals surface area contributed by atoms with E-state index in [-0.39, 0.29) is 26.4 Å². The summed E-state index contributed by atoms with van der Waals surface area (Å²) in [5.41, 5.74) is 1.42. The standard InChI is InChI=1S/C38H56F4O4/c1-2-3-4-5-6-7-8-9-10-11-12-13-14-15-16-23-28-44-36-38(41,42)37(39,40)35(45-30-33-26-21-18-22-27-33)34(46-36)31-43-29-32-24-19-17-20-25-32/h17-22,24-27,34-36H,2-16,23,28-31H2,1H3/t34-,35+,36?/m1/s1. The molecule has 0 bridgehead atoms. The van der Waals surface area contributed by atoms with Crippen molar-refractivity contribution in [2.45, 2.75) is 153 Å². The predicted octanol–water partition coefficient (Wildman–Crippen LogP) is 11.1. The van der Waals surface area contributed by atoms with Gasteiger partial charge in [0.2, 0.25) is 6.29 Å². The van der Waals surface area contributed by atoms with E-state index >= 15 is 17.6 Å². The quantitative estimate of drug-likeness (QED) is 0.0790. The highest BCUT2D eigenvalue weighted by atomic mass is 19.3. The van der Waals surface area contributed by atoms with Gasteiger partial charge in [-0.1, -0.05) is 164 Å². The van der Waals surface area contributed by atoms with E-state index in [1.807, 2.05) is 30.3 Å². The van der Waals surface area contributed by atoms with E-state index in [4.69, 9.17) is 18.9 Å². The molecule has 46 heavy (non-hydrogen) atoms. The smallest absolute Gasteiger partial charge is 0.362 e. The van der Waals surface area contributed by atoms with E-state index < -0.39 is 30.3 Å². The minimum atomic E-state index is -4.57. The molecule has 260 valence electrons. The fourth-order valence-corrected chi connectivity index (χ4v) is 5.85. The maximum atomic E-state index is 15.4. The Hall–Kier alpha value is -2.00. The van der Waals surface area contributed by atoms with Crippen LogP contribution in [0.15, 0.2) is 60.7 Å². The average molecular weight is 653 g/mol. The molecule has 1 unspecified atom stereocenters. The molecule has 0 spiro atoms. The van der Waals surface area contributed by atoms with Gasteiger partial charge in [-0.2, -0.15) is 17.6 Å². The van der Waals surface area contributed by atoms with Crippen LogP contribution in [0.1, 0.15) is 121 Å². The Bertz CT molecular complexity index is 1020. The first-order chi connectivity index (χ1) is 22.4. The van der Waals surface area contributed by atoms with Crippen molar-refractivity contribution in [2.75, 3.05) is 13.2 Å². The number of hydrogen-bond acceptors (Lipinski definition) is 4.